The summed E-state index contributed by atoms with van der Waals surface area (Å²) in [4.78, 5) is 0.555. The minimum absolute atomic E-state index is 0.138. The number of anilines is 1. The summed E-state index contributed by atoms with van der Waals surface area (Å²) in [6.45, 7) is 0. The Labute approximate surface area is 88.9 Å². The fourth-order valence-electron chi connectivity index (χ4n) is 1.35. The second kappa shape index (κ2) is 3.40. The number of fused-ring (bicyclic) bond motifs is 1. The van der Waals surface area contributed by atoms with Crippen LogP contribution in [0.15, 0.2) is 22.4 Å². The van der Waals surface area contributed by atoms with Crippen LogP contribution < -0.4 is 5.73 Å². The number of benzene rings is 1. The fraction of sp³-hybridized carbons (Fsp3) is 0.111. The first-order chi connectivity index (χ1) is 6.61. The summed E-state index contributed by atoms with van der Waals surface area (Å²) in [5.41, 5.74) is 5.65. The average Bonchev–Trinajstić information content (AvgIpc) is 2.59. The Bertz CT molecular complexity index is 479. The third-order valence-corrected chi connectivity index (χ3v) is 3.48. The Morgan fingerprint density at radius 3 is 2.79 bits per heavy atom. The Balaban J connectivity index is 2.82. The van der Waals surface area contributed by atoms with Crippen molar-refractivity contribution in [1.29, 1.82) is 0 Å². The van der Waals surface area contributed by atoms with Gasteiger partial charge in [0.1, 0.15) is 0 Å². The molecule has 14 heavy (non-hydrogen) atoms. The first-order valence-electron chi connectivity index (χ1n) is 3.88. The molecule has 0 saturated heterocycles. The van der Waals surface area contributed by atoms with E-state index in [1.54, 1.807) is 6.07 Å². The highest BCUT2D eigenvalue weighted by atomic mass is 32.1. The van der Waals surface area contributed by atoms with Gasteiger partial charge in [-0.1, -0.05) is 0 Å². The van der Waals surface area contributed by atoms with Gasteiger partial charge in [0.25, 0.3) is 6.43 Å². The van der Waals surface area contributed by atoms with Crippen LogP contribution in [0, 0.1) is 0 Å². The van der Waals surface area contributed by atoms with E-state index in [0.717, 1.165) is 4.70 Å². The van der Waals surface area contributed by atoms with E-state index < -0.39 is 6.43 Å². The van der Waals surface area contributed by atoms with Crippen molar-refractivity contribution in [2.75, 3.05) is 5.73 Å². The number of nitrogen functional groups attached to an aromatic ring is 1. The Kier molecular flexibility index (Phi) is 2.36. The monoisotopic (exact) mass is 231 g/mol. The van der Waals surface area contributed by atoms with Crippen molar-refractivity contribution in [1.82, 2.24) is 0 Å². The second-order valence-corrected chi connectivity index (χ2v) is 4.26. The van der Waals surface area contributed by atoms with Gasteiger partial charge in [-0.05, 0) is 17.5 Å². The van der Waals surface area contributed by atoms with Gasteiger partial charge in [-0.2, -0.15) is 0 Å². The van der Waals surface area contributed by atoms with Crippen LogP contribution in [0.3, 0.4) is 0 Å². The molecule has 0 radical (unpaired) electrons. The number of alkyl halides is 2. The zero-order valence-corrected chi connectivity index (χ0v) is 8.71. The molecule has 0 bridgehead atoms. The quantitative estimate of drug-likeness (QED) is 0.568. The van der Waals surface area contributed by atoms with Crippen LogP contribution in [0.25, 0.3) is 10.1 Å². The number of rotatable bonds is 1. The van der Waals surface area contributed by atoms with Crippen molar-refractivity contribution in [2.24, 2.45) is 0 Å². The number of hydrogen-bond donors (Lipinski definition) is 2. The number of thiol groups is 1. The maximum atomic E-state index is 12.5. The molecule has 0 aliphatic heterocycles. The zero-order chi connectivity index (χ0) is 10.3. The third-order valence-electron chi connectivity index (χ3n) is 2.03. The minimum atomic E-state index is -2.55. The summed E-state index contributed by atoms with van der Waals surface area (Å²) < 4.78 is 25.9. The van der Waals surface area contributed by atoms with E-state index in [1.165, 1.54) is 17.4 Å². The van der Waals surface area contributed by atoms with Crippen molar-refractivity contribution >= 4 is 39.7 Å². The van der Waals surface area contributed by atoms with E-state index in [4.69, 9.17) is 5.73 Å². The van der Waals surface area contributed by atoms with Crippen molar-refractivity contribution in [3.05, 3.63) is 23.1 Å². The molecule has 74 valence electrons. The second-order valence-electron chi connectivity index (χ2n) is 2.86. The van der Waals surface area contributed by atoms with Gasteiger partial charge in [0.15, 0.2) is 0 Å². The van der Waals surface area contributed by atoms with Crippen LogP contribution >= 0.6 is 24.0 Å². The van der Waals surface area contributed by atoms with Crippen molar-refractivity contribution < 1.29 is 8.78 Å². The molecule has 0 unspecified atom stereocenters. The Morgan fingerprint density at radius 1 is 1.43 bits per heavy atom. The molecule has 1 aromatic carbocycles. The first kappa shape index (κ1) is 9.73. The predicted octanol–water partition coefficient (Wildman–Crippen LogP) is 3.71. The molecule has 2 aromatic rings. The molecular weight excluding hydrogens is 224 g/mol. The van der Waals surface area contributed by atoms with E-state index >= 15 is 0 Å². The van der Waals surface area contributed by atoms with Gasteiger partial charge >= 0.3 is 0 Å². The van der Waals surface area contributed by atoms with E-state index in [1.807, 2.05) is 5.38 Å². The highest BCUT2D eigenvalue weighted by molar-refractivity contribution is 7.80. The standard InChI is InChI=1S/C9H7F2NS2/c10-9(11)5-3-6(13)8-4(7(5)12)1-2-14-8/h1-3,9,13H,12H2. The largest absolute Gasteiger partial charge is 0.398 e. The first-order valence-corrected chi connectivity index (χ1v) is 5.20. The topological polar surface area (TPSA) is 26.0 Å². The van der Waals surface area contributed by atoms with Gasteiger partial charge in [0.2, 0.25) is 0 Å². The summed E-state index contributed by atoms with van der Waals surface area (Å²) in [7, 11) is 0. The fourth-order valence-corrected chi connectivity index (χ4v) is 2.59. The van der Waals surface area contributed by atoms with Gasteiger partial charge in [-0.15, -0.1) is 24.0 Å². The highest BCUT2D eigenvalue weighted by Crippen LogP contribution is 2.38. The van der Waals surface area contributed by atoms with Gasteiger partial charge in [0, 0.05) is 26.2 Å². The lowest BCUT2D eigenvalue weighted by Crippen LogP contribution is -1.95. The molecule has 1 heterocycles. The summed E-state index contributed by atoms with van der Waals surface area (Å²) in [6.07, 6.45) is -2.55. The lowest BCUT2D eigenvalue weighted by molar-refractivity contribution is 0.152. The maximum Gasteiger partial charge on any atom is 0.265 e. The molecule has 5 heteroatoms. The summed E-state index contributed by atoms with van der Waals surface area (Å²) in [5, 5.41) is 2.48. The number of nitrogens with two attached hydrogens (primary N) is 1. The molecule has 0 aliphatic rings. The molecule has 0 fully saturated rings. The van der Waals surface area contributed by atoms with Crippen LogP contribution in [0.2, 0.25) is 0 Å². The molecular formula is C9H7F2NS2. The molecule has 0 saturated carbocycles. The molecule has 2 N–H and O–H groups in total. The Morgan fingerprint density at radius 2 is 2.14 bits per heavy atom. The third kappa shape index (κ3) is 1.36. The van der Waals surface area contributed by atoms with Crippen LogP contribution in [0.5, 0.6) is 0 Å². The summed E-state index contributed by atoms with van der Waals surface area (Å²) in [6, 6.07) is 3.07. The smallest absolute Gasteiger partial charge is 0.265 e. The van der Waals surface area contributed by atoms with Crippen LogP contribution in [0.4, 0.5) is 14.5 Å². The van der Waals surface area contributed by atoms with Gasteiger partial charge < -0.3 is 5.73 Å². The van der Waals surface area contributed by atoms with Gasteiger partial charge in [-0.25, -0.2) is 8.78 Å². The van der Waals surface area contributed by atoms with Crippen LogP contribution in [0.1, 0.15) is 12.0 Å². The molecule has 0 amide bonds. The molecule has 0 atom stereocenters. The zero-order valence-electron chi connectivity index (χ0n) is 7.00. The van der Waals surface area contributed by atoms with E-state index in [2.05, 4.69) is 12.6 Å². The van der Waals surface area contributed by atoms with Crippen molar-refractivity contribution in [2.45, 2.75) is 11.3 Å². The number of hydrogen-bond acceptors (Lipinski definition) is 3. The van der Waals surface area contributed by atoms with Crippen molar-refractivity contribution in [3.8, 4) is 0 Å². The maximum absolute atomic E-state index is 12.5. The summed E-state index contributed by atoms with van der Waals surface area (Å²) >= 11 is 5.60. The van der Waals surface area contributed by atoms with Crippen LogP contribution in [-0.4, -0.2) is 0 Å². The van der Waals surface area contributed by atoms with Gasteiger partial charge in [-0.3, -0.25) is 0 Å². The van der Waals surface area contributed by atoms with E-state index in [9.17, 15) is 8.78 Å². The van der Waals surface area contributed by atoms with Crippen LogP contribution in [-0.2, 0) is 0 Å². The number of thiophene rings is 1. The molecule has 0 spiro atoms. The normalized spacial score (nSPS) is 11.4. The average molecular weight is 231 g/mol. The lowest BCUT2D eigenvalue weighted by Gasteiger charge is -2.07. The molecule has 2 rings (SSSR count). The van der Waals surface area contributed by atoms with Crippen molar-refractivity contribution in [3.63, 3.8) is 0 Å². The predicted molar refractivity (Wildman–Crippen MR) is 58.4 cm³/mol. The Hall–Kier alpha value is -0.810. The minimum Gasteiger partial charge on any atom is -0.398 e. The SMILES string of the molecule is Nc1c(C(F)F)cc(S)c2sccc12. The van der Waals surface area contributed by atoms with E-state index in [0.29, 0.717) is 10.3 Å². The highest BCUT2D eigenvalue weighted by Gasteiger charge is 2.15. The van der Waals surface area contributed by atoms with E-state index in [-0.39, 0.29) is 11.3 Å². The molecule has 0 aliphatic carbocycles. The molecule has 1 aromatic heterocycles. The van der Waals surface area contributed by atoms with Gasteiger partial charge in [0.05, 0.1) is 0 Å². The molecule has 1 nitrogen and oxygen atoms in total. The lowest BCUT2D eigenvalue weighted by atomic mass is 10.1. The summed E-state index contributed by atoms with van der Waals surface area (Å²) in [5.74, 6) is 0. The number of halogens is 2.